The van der Waals surface area contributed by atoms with E-state index < -0.39 is 24.6 Å². The first-order chi connectivity index (χ1) is 12.8. The fourth-order valence-corrected chi connectivity index (χ4v) is 2.49. The smallest absolute Gasteiger partial charge is 0.416 e. The minimum absolute atomic E-state index is 0.0850. The van der Waals surface area contributed by atoms with Gasteiger partial charge in [0.1, 0.15) is 6.61 Å². The molecule has 0 saturated carbocycles. The molecule has 1 aliphatic rings. The summed E-state index contributed by atoms with van der Waals surface area (Å²) in [6.45, 7) is 3.46. The van der Waals surface area contributed by atoms with Crippen molar-refractivity contribution in [3.8, 4) is 11.5 Å². The fraction of sp³-hybridized carbons (Fsp3) is 0.389. The van der Waals surface area contributed by atoms with Gasteiger partial charge in [-0.25, -0.2) is 14.5 Å². The molecule has 1 aromatic carbocycles. The summed E-state index contributed by atoms with van der Waals surface area (Å²) in [4.78, 5) is 35.7. The first kappa shape index (κ1) is 20.6. The van der Waals surface area contributed by atoms with Crippen LogP contribution < -0.4 is 9.47 Å². The molecule has 0 aliphatic carbocycles. The van der Waals surface area contributed by atoms with Gasteiger partial charge in [0, 0.05) is 6.08 Å². The van der Waals surface area contributed by atoms with Crippen molar-refractivity contribution in [3.63, 3.8) is 0 Å². The van der Waals surface area contributed by atoms with Gasteiger partial charge in [-0.3, -0.25) is 4.79 Å². The summed E-state index contributed by atoms with van der Waals surface area (Å²) in [7, 11) is 1.48. The Labute approximate surface area is 161 Å². The second-order valence-electron chi connectivity index (χ2n) is 5.80. The quantitative estimate of drug-likeness (QED) is 0.516. The number of ether oxygens (including phenoxy) is 4. The predicted molar refractivity (Wildman–Crippen MR) is 96.8 cm³/mol. The van der Waals surface area contributed by atoms with Gasteiger partial charge in [0.15, 0.2) is 18.1 Å². The first-order valence-corrected chi connectivity index (χ1v) is 8.55. The van der Waals surface area contributed by atoms with Crippen molar-refractivity contribution in [1.29, 1.82) is 0 Å². The Morgan fingerprint density at radius 3 is 2.70 bits per heavy atom. The average molecular weight is 398 g/mol. The van der Waals surface area contributed by atoms with Crippen molar-refractivity contribution in [3.05, 3.63) is 28.8 Å². The van der Waals surface area contributed by atoms with E-state index >= 15 is 0 Å². The molecule has 0 aromatic heterocycles. The van der Waals surface area contributed by atoms with Crippen LogP contribution in [0.2, 0.25) is 5.02 Å². The standard InChI is InChI=1S/C18H20ClNO7/c1-11(2)27-17-13(19)8-12(9-14(17)24-3)4-5-16(22)26-10-15(21)20-6-7-25-18(20)23/h4-5,8-9,11H,6-7,10H2,1-3H3/b5-4+. The van der Waals surface area contributed by atoms with E-state index in [1.807, 2.05) is 13.8 Å². The van der Waals surface area contributed by atoms with Gasteiger partial charge in [-0.2, -0.15) is 0 Å². The summed E-state index contributed by atoms with van der Waals surface area (Å²) in [5, 5.41) is 0.332. The maximum atomic E-state index is 11.8. The number of carbonyl (C=O) groups is 3. The molecule has 146 valence electrons. The third-order valence-corrected chi connectivity index (χ3v) is 3.70. The largest absolute Gasteiger partial charge is 0.493 e. The molecule has 27 heavy (non-hydrogen) atoms. The Morgan fingerprint density at radius 1 is 1.37 bits per heavy atom. The number of imide groups is 1. The van der Waals surface area contributed by atoms with E-state index in [2.05, 4.69) is 4.74 Å². The van der Waals surface area contributed by atoms with Gasteiger partial charge < -0.3 is 18.9 Å². The fourth-order valence-electron chi connectivity index (χ4n) is 2.23. The highest BCUT2D eigenvalue weighted by Crippen LogP contribution is 2.37. The van der Waals surface area contributed by atoms with Crippen LogP contribution in [0.1, 0.15) is 19.4 Å². The zero-order valence-electron chi connectivity index (χ0n) is 15.2. The molecular formula is C18H20ClNO7. The molecule has 0 atom stereocenters. The van der Waals surface area contributed by atoms with Gasteiger partial charge in [-0.15, -0.1) is 0 Å². The van der Waals surface area contributed by atoms with Crippen LogP contribution in [-0.4, -0.2) is 55.8 Å². The number of carbonyl (C=O) groups excluding carboxylic acids is 3. The van der Waals surface area contributed by atoms with Crippen LogP contribution in [0.4, 0.5) is 4.79 Å². The Kier molecular flexibility index (Phi) is 7.06. The SMILES string of the molecule is COc1cc(/C=C/C(=O)OCC(=O)N2CCOC2=O)cc(Cl)c1OC(C)C. The highest BCUT2D eigenvalue weighted by Gasteiger charge is 2.28. The van der Waals surface area contributed by atoms with Crippen LogP contribution >= 0.6 is 11.6 Å². The highest BCUT2D eigenvalue weighted by molar-refractivity contribution is 6.32. The number of hydrogen-bond acceptors (Lipinski definition) is 7. The number of hydrogen-bond donors (Lipinski definition) is 0. The van der Waals surface area contributed by atoms with Gasteiger partial charge in [-0.05, 0) is 37.6 Å². The van der Waals surface area contributed by atoms with Gasteiger partial charge in [0.2, 0.25) is 0 Å². The molecule has 9 heteroatoms. The summed E-state index contributed by atoms with van der Waals surface area (Å²) in [5.41, 5.74) is 0.583. The zero-order valence-corrected chi connectivity index (χ0v) is 15.9. The second-order valence-corrected chi connectivity index (χ2v) is 6.21. The van der Waals surface area contributed by atoms with Crippen LogP contribution in [0, 0.1) is 0 Å². The van der Waals surface area contributed by atoms with E-state index in [9.17, 15) is 14.4 Å². The number of methoxy groups -OCH3 is 1. The van der Waals surface area contributed by atoms with E-state index in [4.69, 9.17) is 25.8 Å². The van der Waals surface area contributed by atoms with E-state index in [-0.39, 0.29) is 19.3 Å². The Bertz CT molecular complexity index is 760. The second kappa shape index (κ2) is 9.27. The average Bonchev–Trinajstić information content (AvgIpc) is 3.05. The van der Waals surface area contributed by atoms with E-state index in [1.165, 1.54) is 13.2 Å². The Balaban J connectivity index is 1.98. The summed E-state index contributed by atoms with van der Waals surface area (Å²) < 4.78 is 20.4. The molecule has 0 bridgehead atoms. The van der Waals surface area contributed by atoms with Crippen LogP contribution in [0.15, 0.2) is 18.2 Å². The molecular weight excluding hydrogens is 378 g/mol. The lowest BCUT2D eigenvalue weighted by Crippen LogP contribution is -2.35. The van der Waals surface area contributed by atoms with E-state index in [0.29, 0.717) is 22.1 Å². The lowest BCUT2D eigenvalue weighted by Gasteiger charge is -2.15. The van der Waals surface area contributed by atoms with Crippen molar-refractivity contribution >= 4 is 35.6 Å². The van der Waals surface area contributed by atoms with Crippen molar-refractivity contribution in [2.75, 3.05) is 26.9 Å². The van der Waals surface area contributed by atoms with Gasteiger partial charge >= 0.3 is 12.1 Å². The van der Waals surface area contributed by atoms with Gasteiger partial charge in [0.05, 0.1) is 24.8 Å². The molecule has 1 aliphatic heterocycles. The molecule has 1 fully saturated rings. The third kappa shape index (κ3) is 5.62. The predicted octanol–water partition coefficient (Wildman–Crippen LogP) is 2.67. The molecule has 0 radical (unpaired) electrons. The monoisotopic (exact) mass is 397 g/mol. The third-order valence-electron chi connectivity index (χ3n) is 3.42. The van der Waals surface area contributed by atoms with Crippen LogP contribution in [0.5, 0.6) is 11.5 Å². The number of amides is 2. The molecule has 1 heterocycles. The lowest BCUT2D eigenvalue weighted by atomic mass is 10.2. The number of nitrogens with zero attached hydrogens (tertiary/aromatic N) is 1. The number of cyclic esters (lactones) is 1. The number of benzene rings is 1. The van der Waals surface area contributed by atoms with E-state index in [0.717, 1.165) is 11.0 Å². The maximum Gasteiger partial charge on any atom is 0.416 e. The Morgan fingerprint density at radius 2 is 2.11 bits per heavy atom. The highest BCUT2D eigenvalue weighted by atomic mass is 35.5. The summed E-state index contributed by atoms with van der Waals surface area (Å²) >= 11 is 6.21. The van der Waals surface area contributed by atoms with Crippen LogP contribution in [-0.2, 0) is 19.1 Å². The topological polar surface area (TPSA) is 91.4 Å². The minimum Gasteiger partial charge on any atom is -0.493 e. The zero-order chi connectivity index (χ0) is 20.0. The molecule has 0 spiro atoms. The Hall–Kier alpha value is -2.74. The van der Waals surface area contributed by atoms with Gasteiger partial charge in [-0.1, -0.05) is 11.6 Å². The molecule has 1 aromatic rings. The molecule has 2 amide bonds. The minimum atomic E-state index is -0.742. The van der Waals surface area contributed by atoms with Crippen molar-refractivity contribution in [2.45, 2.75) is 20.0 Å². The lowest BCUT2D eigenvalue weighted by molar-refractivity contribution is -0.146. The van der Waals surface area contributed by atoms with Crippen molar-refractivity contribution in [2.24, 2.45) is 0 Å². The maximum absolute atomic E-state index is 11.8. The van der Waals surface area contributed by atoms with E-state index in [1.54, 1.807) is 12.1 Å². The number of esters is 1. The van der Waals surface area contributed by atoms with Crippen LogP contribution in [0.25, 0.3) is 6.08 Å². The number of halogens is 1. The first-order valence-electron chi connectivity index (χ1n) is 8.18. The van der Waals surface area contributed by atoms with Crippen LogP contribution in [0.3, 0.4) is 0 Å². The molecule has 0 unspecified atom stereocenters. The normalized spacial score (nSPS) is 13.8. The molecule has 1 saturated heterocycles. The summed E-state index contributed by atoms with van der Waals surface area (Å²) in [6, 6.07) is 3.26. The van der Waals surface area contributed by atoms with Crippen molar-refractivity contribution in [1.82, 2.24) is 4.90 Å². The molecule has 0 N–H and O–H groups in total. The summed E-state index contributed by atoms with van der Waals surface area (Å²) in [5.74, 6) is -0.545. The summed E-state index contributed by atoms with van der Waals surface area (Å²) in [6.07, 6.45) is 1.78. The number of rotatable bonds is 7. The molecule has 8 nitrogen and oxygen atoms in total. The van der Waals surface area contributed by atoms with Crippen molar-refractivity contribution < 1.29 is 33.3 Å². The van der Waals surface area contributed by atoms with Gasteiger partial charge in [0.25, 0.3) is 5.91 Å². The molecule has 2 rings (SSSR count).